The van der Waals surface area contributed by atoms with Crippen molar-refractivity contribution in [3.8, 4) is 5.75 Å². The molecular weight excluding hydrogens is 533 g/mol. The third-order valence-electron chi connectivity index (χ3n) is 8.62. The average Bonchev–Trinajstić information content (AvgIpc) is 3.43. The normalized spacial score (nSPS) is 21.2. The minimum atomic E-state index is -1.78. The predicted molar refractivity (Wildman–Crippen MR) is 154 cm³/mol. The first-order chi connectivity index (χ1) is 20.3. The molecule has 2 aliphatic heterocycles. The molecule has 7 heteroatoms. The van der Waals surface area contributed by atoms with Crippen molar-refractivity contribution in [1.29, 1.82) is 0 Å². The van der Waals surface area contributed by atoms with Gasteiger partial charge in [-0.1, -0.05) is 72.8 Å². The van der Waals surface area contributed by atoms with Crippen molar-refractivity contribution in [2.24, 2.45) is 5.41 Å². The number of hydrogen-bond donors (Lipinski definition) is 0. The number of nitrogens with zero attached hydrogens (tertiary/aromatic N) is 1. The van der Waals surface area contributed by atoms with Crippen LogP contribution in [0.1, 0.15) is 55.0 Å². The molecule has 7 rings (SSSR count). The van der Waals surface area contributed by atoms with Gasteiger partial charge < -0.3 is 9.64 Å². The molecule has 0 saturated carbocycles. The van der Waals surface area contributed by atoms with E-state index in [1.807, 2.05) is 35.2 Å². The molecule has 6 nitrogen and oxygen atoms in total. The van der Waals surface area contributed by atoms with Gasteiger partial charge in [-0.05, 0) is 47.5 Å². The SMILES string of the molecule is CC(=O)Oc1ccc(C(=O)[C@@H]2[C@@H](c3ccccc3F)C3(C(=O)c4ccccc4C3=O)[C@@H]3C=Cc4ccccc4N23)cc1. The van der Waals surface area contributed by atoms with Crippen molar-refractivity contribution >= 4 is 35.1 Å². The van der Waals surface area contributed by atoms with Crippen LogP contribution in [0.4, 0.5) is 10.1 Å². The van der Waals surface area contributed by atoms with E-state index in [-0.39, 0.29) is 33.8 Å². The van der Waals surface area contributed by atoms with Crippen LogP contribution in [-0.4, -0.2) is 35.4 Å². The number of fused-ring (bicyclic) bond motifs is 5. The Bertz CT molecular complexity index is 1810. The number of esters is 1. The molecule has 42 heavy (non-hydrogen) atoms. The Hall–Kier alpha value is -5.17. The van der Waals surface area contributed by atoms with Crippen LogP contribution < -0.4 is 9.64 Å². The second kappa shape index (κ2) is 9.45. The summed E-state index contributed by atoms with van der Waals surface area (Å²) in [5.74, 6) is -3.20. The minimum absolute atomic E-state index is 0.127. The Morgan fingerprint density at radius 2 is 1.43 bits per heavy atom. The quantitative estimate of drug-likeness (QED) is 0.131. The molecule has 4 aromatic carbocycles. The number of ether oxygens (including phenoxy) is 1. The Kier molecular flexibility index (Phi) is 5.80. The van der Waals surface area contributed by atoms with Gasteiger partial charge >= 0.3 is 5.97 Å². The fraction of sp³-hybridized carbons (Fsp3) is 0.143. The number of halogens is 1. The summed E-state index contributed by atoms with van der Waals surface area (Å²) < 4.78 is 21.0. The number of anilines is 1. The van der Waals surface area contributed by atoms with E-state index in [0.29, 0.717) is 5.69 Å². The maximum absolute atomic E-state index is 15.8. The number of para-hydroxylation sites is 1. The molecule has 0 unspecified atom stereocenters. The zero-order valence-corrected chi connectivity index (χ0v) is 22.5. The lowest BCUT2D eigenvalue weighted by Gasteiger charge is -2.37. The van der Waals surface area contributed by atoms with Gasteiger partial charge in [-0.15, -0.1) is 0 Å². The first-order valence-corrected chi connectivity index (χ1v) is 13.7. The number of rotatable bonds is 4. The summed E-state index contributed by atoms with van der Waals surface area (Å²) in [5.41, 5.74) is 0.655. The van der Waals surface area contributed by atoms with Crippen molar-refractivity contribution in [3.05, 3.63) is 137 Å². The molecule has 0 aromatic heterocycles. The fourth-order valence-corrected chi connectivity index (χ4v) is 7.01. The van der Waals surface area contributed by atoms with Gasteiger partial charge in [-0.3, -0.25) is 19.2 Å². The number of hydrogen-bond acceptors (Lipinski definition) is 6. The summed E-state index contributed by atoms with van der Waals surface area (Å²) in [7, 11) is 0. The third-order valence-corrected chi connectivity index (χ3v) is 8.62. The Morgan fingerprint density at radius 3 is 2.10 bits per heavy atom. The van der Waals surface area contributed by atoms with E-state index in [4.69, 9.17) is 4.74 Å². The number of carbonyl (C=O) groups is 4. The summed E-state index contributed by atoms with van der Waals surface area (Å²) in [5, 5.41) is 0. The van der Waals surface area contributed by atoms with Crippen LogP contribution in [0.25, 0.3) is 6.08 Å². The van der Waals surface area contributed by atoms with E-state index >= 15 is 4.39 Å². The monoisotopic (exact) mass is 557 g/mol. The van der Waals surface area contributed by atoms with E-state index in [2.05, 4.69) is 0 Å². The Labute approximate surface area is 241 Å². The lowest BCUT2D eigenvalue weighted by atomic mass is 9.64. The molecule has 2 heterocycles. The fourth-order valence-electron chi connectivity index (χ4n) is 7.01. The first-order valence-electron chi connectivity index (χ1n) is 13.7. The predicted octanol–water partition coefficient (Wildman–Crippen LogP) is 6.07. The highest BCUT2D eigenvalue weighted by atomic mass is 19.1. The van der Waals surface area contributed by atoms with Gasteiger partial charge in [0.05, 0.1) is 6.04 Å². The smallest absolute Gasteiger partial charge is 0.308 e. The summed E-state index contributed by atoms with van der Waals surface area (Å²) in [6.07, 6.45) is 3.66. The molecule has 3 aliphatic rings. The second-order valence-corrected chi connectivity index (χ2v) is 10.8. The van der Waals surface area contributed by atoms with Crippen LogP contribution in [0.3, 0.4) is 0 Å². The van der Waals surface area contributed by atoms with Gasteiger partial charge in [0.25, 0.3) is 0 Å². The van der Waals surface area contributed by atoms with E-state index < -0.39 is 46.8 Å². The van der Waals surface area contributed by atoms with Gasteiger partial charge in [0, 0.05) is 35.2 Å². The highest BCUT2D eigenvalue weighted by Crippen LogP contribution is 2.61. The minimum Gasteiger partial charge on any atom is -0.427 e. The Morgan fingerprint density at radius 1 is 0.810 bits per heavy atom. The standard InChI is InChI=1S/C35H24FNO5/c1-20(38)42-23-17-14-22(15-18-23)32(39)31-30(26-11-5-6-12-27(26)36)35(33(40)24-9-3-4-10-25(24)34(35)41)29-19-16-21-8-2-7-13-28(21)37(29)31/h2-19,29-31H,1H3/t29-,30+,31-/m0/s1. The maximum atomic E-state index is 15.8. The lowest BCUT2D eigenvalue weighted by Crippen LogP contribution is -2.48. The van der Waals surface area contributed by atoms with Crippen molar-refractivity contribution < 1.29 is 28.3 Å². The molecule has 0 amide bonds. The van der Waals surface area contributed by atoms with Gasteiger partial charge in [0.2, 0.25) is 0 Å². The van der Waals surface area contributed by atoms with Gasteiger partial charge in [-0.2, -0.15) is 0 Å². The third kappa shape index (κ3) is 3.49. The van der Waals surface area contributed by atoms with Gasteiger partial charge in [-0.25, -0.2) is 4.39 Å². The number of benzene rings is 4. The zero-order chi connectivity index (χ0) is 29.2. The van der Waals surface area contributed by atoms with Crippen molar-refractivity contribution in [2.75, 3.05) is 4.90 Å². The van der Waals surface area contributed by atoms with Crippen molar-refractivity contribution in [1.82, 2.24) is 0 Å². The molecular formula is C35H24FNO5. The number of ketones is 3. The van der Waals surface area contributed by atoms with Crippen LogP contribution >= 0.6 is 0 Å². The summed E-state index contributed by atoms with van der Waals surface area (Å²) in [6.45, 7) is 1.28. The molecule has 1 saturated heterocycles. The van der Waals surface area contributed by atoms with Gasteiger partial charge in [0.15, 0.2) is 17.3 Å². The highest BCUT2D eigenvalue weighted by Gasteiger charge is 2.71. The van der Waals surface area contributed by atoms with Crippen LogP contribution in [0, 0.1) is 11.2 Å². The lowest BCUT2D eigenvalue weighted by molar-refractivity contribution is -0.131. The summed E-state index contributed by atoms with van der Waals surface area (Å²) in [4.78, 5) is 57.1. The molecule has 1 aliphatic carbocycles. The van der Waals surface area contributed by atoms with Crippen molar-refractivity contribution in [2.45, 2.75) is 24.9 Å². The Balaban J connectivity index is 1.50. The van der Waals surface area contributed by atoms with Crippen LogP contribution in [-0.2, 0) is 4.79 Å². The maximum Gasteiger partial charge on any atom is 0.308 e. The first kappa shape index (κ1) is 25.8. The van der Waals surface area contributed by atoms with E-state index in [0.717, 1.165) is 5.56 Å². The van der Waals surface area contributed by atoms with Crippen molar-refractivity contribution in [3.63, 3.8) is 0 Å². The molecule has 0 bridgehead atoms. The molecule has 206 valence electrons. The van der Waals surface area contributed by atoms with E-state index in [1.54, 1.807) is 48.5 Å². The van der Waals surface area contributed by atoms with Crippen LogP contribution in [0.2, 0.25) is 0 Å². The highest BCUT2D eigenvalue weighted by molar-refractivity contribution is 6.32. The molecule has 1 spiro atoms. The molecule has 4 aromatic rings. The van der Waals surface area contributed by atoms with Crippen LogP contribution in [0.5, 0.6) is 5.75 Å². The zero-order valence-electron chi connectivity index (χ0n) is 22.5. The van der Waals surface area contributed by atoms with Gasteiger partial charge in [0.1, 0.15) is 23.0 Å². The molecule has 0 radical (unpaired) electrons. The number of Topliss-reactive ketones (excluding diaryl/α,β-unsaturated/α-hetero) is 3. The van der Waals surface area contributed by atoms with E-state index in [9.17, 15) is 19.2 Å². The largest absolute Gasteiger partial charge is 0.427 e. The molecule has 3 atom stereocenters. The molecule has 0 N–H and O–H groups in total. The summed E-state index contributed by atoms with van der Waals surface area (Å²) >= 11 is 0. The second-order valence-electron chi connectivity index (χ2n) is 10.8. The number of carbonyl (C=O) groups excluding carboxylic acids is 4. The average molecular weight is 558 g/mol. The summed E-state index contributed by atoms with van der Waals surface area (Å²) in [6, 6.07) is 24.3. The van der Waals surface area contributed by atoms with E-state index in [1.165, 1.54) is 37.3 Å². The topological polar surface area (TPSA) is 80.8 Å². The van der Waals surface area contributed by atoms with Crippen LogP contribution in [0.15, 0.2) is 103 Å². The molecule has 1 fully saturated rings.